The summed E-state index contributed by atoms with van der Waals surface area (Å²) >= 11 is 0. The highest BCUT2D eigenvalue weighted by molar-refractivity contribution is 7.89. The van der Waals surface area contributed by atoms with Gasteiger partial charge >= 0.3 is 0 Å². The van der Waals surface area contributed by atoms with E-state index in [0.717, 1.165) is 0 Å². The van der Waals surface area contributed by atoms with Crippen molar-refractivity contribution in [1.29, 1.82) is 0 Å². The molecule has 23 heavy (non-hydrogen) atoms. The standard InChI is InChI=1S/C13H18N6O3S/c1-16-4-3-12(15-16)13(20)18-5-7-19(8-6-18)23(21,22)11-9-14-17(2)10-11/h3-4,9-10H,5-8H2,1-2H3. The number of hydrogen-bond donors (Lipinski definition) is 0. The largest absolute Gasteiger partial charge is 0.335 e. The minimum atomic E-state index is -3.56. The fourth-order valence-corrected chi connectivity index (χ4v) is 3.91. The van der Waals surface area contributed by atoms with Crippen LogP contribution in [-0.4, -0.2) is 69.3 Å². The van der Waals surface area contributed by atoms with Crippen molar-refractivity contribution in [1.82, 2.24) is 28.8 Å². The van der Waals surface area contributed by atoms with E-state index in [1.807, 2.05) is 0 Å². The Balaban J connectivity index is 1.67. The molecule has 0 bridgehead atoms. The van der Waals surface area contributed by atoms with Gasteiger partial charge in [0.15, 0.2) is 0 Å². The molecular weight excluding hydrogens is 320 g/mol. The first kappa shape index (κ1) is 15.7. The molecule has 124 valence electrons. The number of sulfonamides is 1. The van der Waals surface area contributed by atoms with Crippen LogP contribution in [0.3, 0.4) is 0 Å². The second kappa shape index (κ2) is 5.78. The van der Waals surface area contributed by atoms with E-state index in [1.165, 1.54) is 21.4 Å². The van der Waals surface area contributed by atoms with Gasteiger partial charge in [0, 0.05) is 52.7 Å². The van der Waals surface area contributed by atoms with Crippen LogP contribution in [0.25, 0.3) is 0 Å². The highest BCUT2D eigenvalue weighted by Crippen LogP contribution is 2.17. The Morgan fingerprint density at radius 2 is 1.83 bits per heavy atom. The molecule has 1 fully saturated rings. The lowest BCUT2D eigenvalue weighted by Crippen LogP contribution is -2.50. The van der Waals surface area contributed by atoms with E-state index in [1.54, 1.807) is 35.9 Å². The molecule has 1 aliphatic heterocycles. The van der Waals surface area contributed by atoms with Gasteiger partial charge in [-0.1, -0.05) is 0 Å². The lowest BCUT2D eigenvalue weighted by molar-refractivity contribution is 0.0691. The molecule has 10 heteroatoms. The van der Waals surface area contributed by atoms with Gasteiger partial charge in [-0.25, -0.2) is 8.42 Å². The smallest absolute Gasteiger partial charge is 0.274 e. The Morgan fingerprint density at radius 1 is 1.13 bits per heavy atom. The van der Waals surface area contributed by atoms with Gasteiger partial charge in [0.1, 0.15) is 10.6 Å². The van der Waals surface area contributed by atoms with Gasteiger partial charge in [-0.15, -0.1) is 0 Å². The van der Waals surface area contributed by atoms with E-state index >= 15 is 0 Å². The molecule has 0 saturated carbocycles. The summed E-state index contributed by atoms with van der Waals surface area (Å²) in [5, 5.41) is 7.99. The summed E-state index contributed by atoms with van der Waals surface area (Å²) in [5.74, 6) is -0.177. The lowest BCUT2D eigenvalue weighted by atomic mass is 10.3. The first-order valence-electron chi connectivity index (χ1n) is 7.15. The fourth-order valence-electron chi connectivity index (χ4n) is 2.50. The van der Waals surface area contributed by atoms with Gasteiger partial charge in [-0.05, 0) is 6.07 Å². The van der Waals surface area contributed by atoms with Crippen molar-refractivity contribution in [3.63, 3.8) is 0 Å². The molecule has 0 radical (unpaired) electrons. The third kappa shape index (κ3) is 2.99. The molecule has 1 amide bonds. The van der Waals surface area contributed by atoms with Crippen molar-refractivity contribution in [2.75, 3.05) is 26.2 Å². The van der Waals surface area contributed by atoms with Gasteiger partial charge in [-0.2, -0.15) is 14.5 Å². The zero-order chi connectivity index (χ0) is 16.6. The topological polar surface area (TPSA) is 93.3 Å². The summed E-state index contributed by atoms with van der Waals surface area (Å²) in [4.78, 5) is 14.1. The van der Waals surface area contributed by atoms with E-state index in [0.29, 0.717) is 18.8 Å². The van der Waals surface area contributed by atoms with Crippen molar-refractivity contribution < 1.29 is 13.2 Å². The van der Waals surface area contributed by atoms with Crippen molar-refractivity contribution in [2.24, 2.45) is 14.1 Å². The van der Waals surface area contributed by atoms with Crippen LogP contribution in [0.5, 0.6) is 0 Å². The molecule has 0 aliphatic carbocycles. The number of nitrogens with zero attached hydrogens (tertiary/aromatic N) is 6. The van der Waals surface area contributed by atoms with Crippen molar-refractivity contribution in [2.45, 2.75) is 4.90 Å². The lowest BCUT2D eigenvalue weighted by Gasteiger charge is -2.33. The molecule has 3 heterocycles. The molecule has 0 N–H and O–H groups in total. The van der Waals surface area contributed by atoms with Gasteiger partial charge in [0.2, 0.25) is 10.0 Å². The molecule has 0 spiro atoms. The Morgan fingerprint density at radius 3 is 2.35 bits per heavy atom. The number of hydrogen-bond acceptors (Lipinski definition) is 5. The number of carbonyl (C=O) groups excluding carboxylic acids is 1. The van der Waals surface area contributed by atoms with Crippen LogP contribution in [0, 0.1) is 0 Å². The van der Waals surface area contributed by atoms with Crippen molar-refractivity contribution in [3.05, 3.63) is 30.4 Å². The maximum Gasteiger partial charge on any atom is 0.274 e. The highest BCUT2D eigenvalue weighted by Gasteiger charge is 2.31. The minimum Gasteiger partial charge on any atom is -0.335 e. The Bertz CT molecular complexity index is 816. The molecule has 2 aromatic heterocycles. The quantitative estimate of drug-likeness (QED) is 0.738. The summed E-state index contributed by atoms with van der Waals surface area (Å²) in [7, 11) is -0.144. The molecule has 0 aromatic carbocycles. The third-order valence-corrected chi connectivity index (χ3v) is 5.63. The minimum absolute atomic E-state index is 0.171. The predicted octanol–water partition coefficient (Wildman–Crippen LogP) is -0.700. The summed E-state index contributed by atoms with van der Waals surface area (Å²) in [6.45, 7) is 1.20. The third-order valence-electron chi connectivity index (χ3n) is 3.78. The molecule has 3 rings (SSSR count). The number of piperazine rings is 1. The van der Waals surface area contributed by atoms with Gasteiger partial charge < -0.3 is 4.90 Å². The number of carbonyl (C=O) groups is 1. The van der Waals surface area contributed by atoms with E-state index in [-0.39, 0.29) is 23.9 Å². The Kier molecular flexibility index (Phi) is 3.94. The zero-order valence-corrected chi connectivity index (χ0v) is 13.8. The Labute approximate surface area is 134 Å². The molecule has 0 atom stereocenters. The fraction of sp³-hybridized carbons (Fsp3) is 0.462. The summed E-state index contributed by atoms with van der Waals surface area (Å²) in [6.07, 6.45) is 4.51. The van der Waals surface area contributed by atoms with Crippen molar-refractivity contribution >= 4 is 15.9 Å². The first-order valence-corrected chi connectivity index (χ1v) is 8.59. The van der Waals surface area contributed by atoms with Crippen LogP contribution in [0.15, 0.2) is 29.6 Å². The zero-order valence-electron chi connectivity index (χ0n) is 13.0. The average Bonchev–Trinajstić information content (AvgIpc) is 3.15. The second-order valence-electron chi connectivity index (χ2n) is 5.42. The first-order chi connectivity index (χ1) is 10.9. The average molecular weight is 338 g/mol. The number of aromatic nitrogens is 4. The molecular formula is C13H18N6O3S. The second-order valence-corrected chi connectivity index (χ2v) is 7.36. The normalized spacial score (nSPS) is 16.7. The van der Waals surface area contributed by atoms with Crippen LogP contribution in [0.4, 0.5) is 0 Å². The summed E-state index contributed by atoms with van der Waals surface area (Å²) in [5.41, 5.74) is 0.371. The molecule has 1 saturated heterocycles. The van der Waals surface area contributed by atoms with Gasteiger partial charge in [0.05, 0.1) is 6.20 Å². The maximum absolute atomic E-state index is 12.5. The van der Waals surface area contributed by atoms with E-state index in [4.69, 9.17) is 0 Å². The summed E-state index contributed by atoms with van der Waals surface area (Å²) in [6, 6.07) is 1.65. The molecule has 2 aromatic rings. The highest BCUT2D eigenvalue weighted by atomic mass is 32.2. The number of amides is 1. The van der Waals surface area contributed by atoms with Crippen molar-refractivity contribution in [3.8, 4) is 0 Å². The molecule has 9 nitrogen and oxygen atoms in total. The van der Waals surface area contributed by atoms with Crippen LogP contribution in [0.1, 0.15) is 10.5 Å². The molecule has 0 unspecified atom stereocenters. The number of aryl methyl sites for hydroxylation is 2. The van der Waals surface area contributed by atoms with Crippen LogP contribution >= 0.6 is 0 Å². The van der Waals surface area contributed by atoms with Gasteiger partial charge in [0.25, 0.3) is 5.91 Å². The SMILES string of the molecule is Cn1cc(S(=O)(=O)N2CCN(C(=O)c3ccn(C)n3)CC2)cn1. The number of rotatable bonds is 3. The van der Waals surface area contributed by atoms with Crippen LogP contribution in [0.2, 0.25) is 0 Å². The predicted molar refractivity (Wildman–Crippen MR) is 81.1 cm³/mol. The Hall–Kier alpha value is -2.20. The van der Waals surface area contributed by atoms with E-state index < -0.39 is 10.0 Å². The van der Waals surface area contributed by atoms with Crippen LogP contribution < -0.4 is 0 Å². The van der Waals surface area contributed by atoms with Gasteiger partial charge in [-0.3, -0.25) is 14.2 Å². The monoisotopic (exact) mass is 338 g/mol. The maximum atomic E-state index is 12.5. The van der Waals surface area contributed by atoms with E-state index in [2.05, 4.69) is 10.2 Å². The summed E-state index contributed by atoms with van der Waals surface area (Å²) < 4.78 is 29.4. The van der Waals surface area contributed by atoms with E-state index in [9.17, 15) is 13.2 Å². The van der Waals surface area contributed by atoms with Crippen LogP contribution in [-0.2, 0) is 24.1 Å². The molecule has 1 aliphatic rings.